The van der Waals surface area contributed by atoms with Crippen LogP contribution in [-0.2, 0) is 6.42 Å². The summed E-state index contributed by atoms with van der Waals surface area (Å²) in [6.45, 7) is 6.11. The average Bonchev–Trinajstić information content (AvgIpc) is 2.80. The van der Waals surface area contributed by atoms with Gasteiger partial charge in [0.1, 0.15) is 10.8 Å². The molecule has 1 atom stereocenters. The second-order valence-corrected chi connectivity index (χ2v) is 7.07. The monoisotopic (exact) mass is 347 g/mol. The van der Waals surface area contributed by atoms with E-state index in [1.54, 1.807) is 0 Å². The molecule has 0 bridgehead atoms. The van der Waals surface area contributed by atoms with Gasteiger partial charge in [-0.3, -0.25) is 0 Å². The van der Waals surface area contributed by atoms with Crippen molar-refractivity contribution in [3.8, 4) is 0 Å². The molecule has 0 saturated carbocycles. The first-order valence-corrected chi connectivity index (χ1v) is 8.18. The van der Waals surface area contributed by atoms with Gasteiger partial charge in [0.15, 0.2) is 0 Å². The fourth-order valence-corrected chi connectivity index (χ4v) is 3.68. The molecule has 0 fully saturated rings. The predicted molar refractivity (Wildman–Crippen MR) is 86.9 cm³/mol. The van der Waals surface area contributed by atoms with E-state index in [0.29, 0.717) is 21.6 Å². The summed E-state index contributed by atoms with van der Waals surface area (Å²) in [7, 11) is 0. The third-order valence-electron chi connectivity index (χ3n) is 2.90. The standard InChI is InChI=1S/C14H16Cl2FN3S/c1-7(2)6-11-19-20-14(21-11)18-8(3)12-9(15)4-5-10(17)13(12)16/h4-5,7-8H,6H2,1-3H3,(H,18,20). The van der Waals surface area contributed by atoms with Gasteiger partial charge in [-0.05, 0) is 25.0 Å². The number of benzene rings is 1. The lowest BCUT2D eigenvalue weighted by Crippen LogP contribution is -2.08. The van der Waals surface area contributed by atoms with Gasteiger partial charge in [-0.1, -0.05) is 48.4 Å². The maximum atomic E-state index is 13.6. The Hall–Kier alpha value is -0.910. The van der Waals surface area contributed by atoms with Gasteiger partial charge in [-0.15, -0.1) is 10.2 Å². The molecule has 0 spiro atoms. The van der Waals surface area contributed by atoms with E-state index in [9.17, 15) is 4.39 Å². The topological polar surface area (TPSA) is 37.8 Å². The van der Waals surface area contributed by atoms with Gasteiger partial charge >= 0.3 is 0 Å². The quantitative estimate of drug-likeness (QED) is 0.740. The van der Waals surface area contributed by atoms with Crippen molar-refractivity contribution in [3.63, 3.8) is 0 Å². The number of nitrogens with zero attached hydrogens (tertiary/aromatic N) is 2. The number of rotatable bonds is 5. The molecule has 21 heavy (non-hydrogen) atoms. The lowest BCUT2D eigenvalue weighted by atomic mass is 10.1. The lowest BCUT2D eigenvalue weighted by Gasteiger charge is -2.16. The molecule has 0 aliphatic carbocycles. The highest BCUT2D eigenvalue weighted by Crippen LogP contribution is 2.34. The van der Waals surface area contributed by atoms with Gasteiger partial charge < -0.3 is 5.32 Å². The number of nitrogens with one attached hydrogen (secondary N) is 1. The molecule has 2 aromatic rings. The highest BCUT2D eigenvalue weighted by Gasteiger charge is 2.18. The van der Waals surface area contributed by atoms with Crippen LogP contribution in [0.1, 0.15) is 37.4 Å². The normalized spacial score (nSPS) is 12.7. The Morgan fingerprint density at radius 1 is 1.24 bits per heavy atom. The van der Waals surface area contributed by atoms with Crippen LogP contribution in [0.2, 0.25) is 10.0 Å². The Morgan fingerprint density at radius 2 is 1.95 bits per heavy atom. The molecule has 0 aliphatic heterocycles. The second kappa shape index (κ2) is 6.90. The predicted octanol–water partition coefficient (Wildman–Crippen LogP) is 5.36. The van der Waals surface area contributed by atoms with Crippen LogP contribution in [0.15, 0.2) is 12.1 Å². The zero-order chi connectivity index (χ0) is 15.6. The van der Waals surface area contributed by atoms with Crippen molar-refractivity contribution in [3.05, 3.63) is 38.6 Å². The third kappa shape index (κ3) is 4.05. The van der Waals surface area contributed by atoms with Gasteiger partial charge in [0.25, 0.3) is 0 Å². The fourth-order valence-electron chi connectivity index (χ4n) is 1.94. The van der Waals surface area contributed by atoms with E-state index in [1.807, 2.05) is 6.92 Å². The Labute approximate surface area is 137 Å². The van der Waals surface area contributed by atoms with Crippen LogP contribution in [0.4, 0.5) is 9.52 Å². The van der Waals surface area contributed by atoms with E-state index in [2.05, 4.69) is 29.4 Å². The van der Waals surface area contributed by atoms with Crippen LogP contribution in [0.25, 0.3) is 0 Å². The van der Waals surface area contributed by atoms with Gasteiger partial charge in [0.2, 0.25) is 5.13 Å². The summed E-state index contributed by atoms with van der Waals surface area (Å²) in [5, 5.41) is 13.5. The van der Waals surface area contributed by atoms with Crippen LogP contribution in [-0.4, -0.2) is 10.2 Å². The van der Waals surface area contributed by atoms with Crippen molar-refractivity contribution in [2.75, 3.05) is 5.32 Å². The minimum atomic E-state index is -0.484. The summed E-state index contributed by atoms with van der Waals surface area (Å²) in [6.07, 6.45) is 0.884. The van der Waals surface area contributed by atoms with E-state index < -0.39 is 5.82 Å². The third-order valence-corrected chi connectivity index (χ3v) is 4.49. The first-order valence-electron chi connectivity index (χ1n) is 6.60. The molecule has 1 aromatic heterocycles. The molecule has 7 heteroatoms. The minimum Gasteiger partial charge on any atom is -0.353 e. The molecule has 1 aromatic carbocycles. The van der Waals surface area contributed by atoms with Crippen molar-refractivity contribution in [2.45, 2.75) is 33.2 Å². The van der Waals surface area contributed by atoms with E-state index in [-0.39, 0.29) is 11.1 Å². The number of anilines is 1. The average molecular weight is 348 g/mol. The highest BCUT2D eigenvalue weighted by molar-refractivity contribution is 7.15. The molecule has 0 saturated heterocycles. The summed E-state index contributed by atoms with van der Waals surface area (Å²) in [5.74, 6) is 0.0396. The van der Waals surface area contributed by atoms with E-state index in [0.717, 1.165) is 11.4 Å². The molecule has 1 N–H and O–H groups in total. The van der Waals surface area contributed by atoms with Crippen LogP contribution in [0.5, 0.6) is 0 Å². The molecular formula is C14H16Cl2FN3S. The lowest BCUT2D eigenvalue weighted by molar-refractivity contribution is 0.624. The summed E-state index contributed by atoms with van der Waals surface area (Å²) in [4.78, 5) is 0. The number of hydrogen-bond acceptors (Lipinski definition) is 4. The van der Waals surface area contributed by atoms with Gasteiger partial charge in [-0.25, -0.2) is 4.39 Å². The number of halogens is 3. The zero-order valence-corrected chi connectivity index (χ0v) is 14.3. The maximum absolute atomic E-state index is 13.6. The van der Waals surface area contributed by atoms with Gasteiger partial charge in [0.05, 0.1) is 11.1 Å². The molecule has 0 radical (unpaired) electrons. The summed E-state index contributed by atoms with van der Waals surface area (Å²) in [6, 6.07) is 2.49. The SMILES string of the molecule is CC(C)Cc1nnc(NC(C)c2c(Cl)ccc(F)c2Cl)s1. The zero-order valence-electron chi connectivity index (χ0n) is 12.0. The van der Waals surface area contributed by atoms with Crippen molar-refractivity contribution in [1.29, 1.82) is 0 Å². The molecular weight excluding hydrogens is 332 g/mol. The maximum Gasteiger partial charge on any atom is 0.206 e. The van der Waals surface area contributed by atoms with Gasteiger partial charge in [0, 0.05) is 17.0 Å². The Balaban J connectivity index is 2.16. The van der Waals surface area contributed by atoms with Gasteiger partial charge in [-0.2, -0.15) is 0 Å². The largest absolute Gasteiger partial charge is 0.353 e. The molecule has 3 nitrogen and oxygen atoms in total. The Morgan fingerprint density at radius 3 is 2.62 bits per heavy atom. The Bertz CT molecular complexity index is 631. The van der Waals surface area contributed by atoms with Crippen molar-refractivity contribution >= 4 is 39.7 Å². The number of aromatic nitrogens is 2. The van der Waals surface area contributed by atoms with E-state index in [1.165, 1.54) is 23.5 Å². The molecule has 1 heterocycles. The van der Waals surface area contributed by atoms with Crippen LogP contribution in [0.3, 0.4) is 0 Å². The number of hydrogen-bond donors (Lipinski definition) is 1. The van der Waals surface area contributed by atoms with Crippen LogP contribution >= 0.6 is 34.5 Å². The highest BCUT2D eigenvalue weighted by atomic mass is 35.5. The van der Waals surface area contributed by atoms with Crippen molar-refractivity contribution in [2.24, 2.45) is 5.92 Å². The van der Waals surface area contributed by atoms with Crippen LogP contribution in [0, 0.1) is 11.7 Å². The minimum absolute atomic E-state index is 0.0365. The van der Waals surface area contributed by atoms with E-state index >= 15 is 0 Å². The van der Waals surface area contributed by atoms with Crippen LogP contribution < -0.4 is 5.32 Å². The summed E-state index contributed by atoms with van der Waals surface area (Å²) < 4.78 is 13.6. The molecule has 1 unspecified atom stereocenters. The fraction of sp³-hybridized carbons (Fsp3) is 0.429. The summed E-state index contributed by atoms with van der Waals surface area (Å²) in [5.41, 5.74) is 0.527. The molecule has 114 valence electrons. The smallest absolute Gasteiger partial charge is 0.206 e. The van der Waals surface area contributed by atoms with Crippen molar-refractivity contribution < 1.29 is 4.39 Å². The van der Waals surface area contributed by atoms with E-state index in [4.69, 9.17) is 23.2 Å². The molecule has 0 amide bonds. The second-order valence-electron chi connectivity index (χ2n) is 5.22. The first kappa shape index (κ1) is 16.5. The molecule has 2 rings (SSSR count). The summed E-state index contributed by atoms with van der Waals surface area (Å²) >= 11 is 13.6. The molecule has 0 aliphatic rings. The Kier molecular flexibility index (Phi) is 5.41. The van der Waals surface area contributed by atoms with Crippen molar-refractivity contribution in [1.82, 2.24) is 10.2 Å². The first-order chi connectivity index (χ1) is 9.88.